The third-order valence-corrected chi connectivity index (χ3v) is 4.12. The van der Waals surface area contributed by atoms with Gasteiger partial charge in [0.25, 0.3) is 0 Å². The molecule has 1 aliphatic carbocycles. The van der Waals surface area contributed by atoms with E-state index in [1.165, 1.54) is 0 Å². The third kappa shape index (κ3) is 4.93. The van der Waals surface area contributed by atoms with Gasteiger partial charge in [0.05, 0.1) is 19.2 Å². The fraction of sp³-hybridized carbons (Fsp3) is 0.529. The van der Waals surface area contributed by atoms with Crippen LogP contribution >= 0.6 is 0 Å². The number of amides is 1. The number of Topliss-reactive ketones (excluding diaryl/α,β-unsaturated/α-hetero) is 1. The van der Waals surface area contributed by atoms with Crippen molar-refractivity contribution >= 4 is 11.7 Å². The van der Waals surface area contributed by atoms with Gasteiger partial charge in [0.2, 0.25) is 5.91 Å². The van der Waals surface area contributed by atoms with Crippen molar-refractivity contribution in [2.24, 2.45) is 5.92 Å². The second-order valence-corrected chi connectivity index (χ2v) is 6.02. The molecule has 5 heteroatoms. The van der Waals surface area contributed by atoms with Crippen molar-refractivity contribution in [3.8, 4) is 0 Å². The molecule has 0 saturated heterocycles. The smallest absolute Gasteiger partial charge is 0.234 e. The molecule has 0 bridgehead atoms. The van der Waals surface area contributed by atoms with Gasteiger partial charge in [-0.05, 0) is 25.8 Å². The van der Waals surface area contributed by atoms with E-state index in [-0.39, 0.29) is 36.8 Å². The van der Waals surface area contributed by atoms with Crippen molar-refractivity contribution in [3.05, 3.63) is 35.9 Å². The molecule has 1 aromatic rings. The molecule has 0 heterocycles. The normalized spacial score (nSPS) is 21.0. The first kappa shape index (κ1) is 16.6. The van der Waals surface area contributed by atoms with Crippen LogP contribution < -0.4 is 5.32 Å². The lowest BCUT2D eigenvalue weighted by Gasteiger charge is -2.22. The number of ketones is 1. The van der Waals surface area contributed by atoms with Crippen molar-refractivity contribution in [2.45, 2.75) is 25.4 Å². The first-order valence-electron chi connectivity index (χ1n) is 7.78. The second-order valence-electron chi connectivity index (χ2n) is 6.02. The summed E-state index contributed by atoms with van der Waals surface area (Å²) < 4.78 is 0. The molecule has 0 aliphatic heterocycles. The third-order valence-electron chi connectivity index (χ3n) is 4.12. The minimum Gasteiger partial charge on any atom is -0.393 e. The highest BCUT2D eigenvalue weighted by atomic mass is 16.3. The van der Waals surface area contributed by atoms with Crippen LogP contribution in [0.3, 0.4) is 0 Å². The summed E-state index contributed by atoms with van der Waals surface area (Å²) in [6.07, 6.45) is 2.68. The predicted molar refractivity (Wildman–Crippen MR) is 84.6 cm³/mol. The van der Waals surface area contributed by atoms with Gasteiger partial charge >= 0.3 is 0 Å². The van der Waals surface area contributed by atoms with E-state index in [0.717, 1.165) is 19.3 Å². The van der Waals surface area contributed by atoms with Gasteiger partial charge in [-0.3, -0.25) is 14.5 Å². The van der Waals surface area contributed by atoms with Crippen LogP contribution in [0.25, 0.3) is 0 Å². The van der Waals surface area contributed by atoms with Crippen LogP contribution in [0, 0.1) is 5.92 Å². The number of hydrogen-bond acceptors (Lipinski definition) is 4. The Morgan fingerprint density at radius 2 is 2.00 bits per heavy atom. The summed E-state index contributed by atoms with van der Waals surface area (Å²) >= 11 is 0. The molecule has 1 aliphatic rings. The molecule has 22 heavy (non-hydrogen) atoms. The summed E-state index contributed by atoms with van der Waals surface area (Å²) in [5.41, 5.74) is 0.602. The Balaban J connectivity index is 1.70. The first-order chi connectivity index (χ1) is 10.6. The van der Waals surface area contributed by atoms with Crippen LogP contribution in [-0.2, 0) is 4.79 Å². The molecular weight excluding hydrogens is 280 g/mol. The summed E-state index contributed by atoms with van der Waals surface area (Å²) in [6.45, 7) is 0.968. The molecular formula is C17H24N2O3. The summed E-state index contributed by atoms with van der Waals surface area (Å²) in [6, 6.07) is 8.93. The number of benzene rings is 1. The van der Waals surface area contributed by atoms with Crippen molar-refractivity contribution in [3.63, 3.8) is 0 Å². The number of rotatable bonds is 7. The minimum absolute atomic E-state index is 0.0166. The lowest BCUT2D eigenvalue weighted by molar-refractivity contribution is -0.122. The molecule has 1 saturated carbocycles. The van der Waals surface area contributed by atoms with E-state index in [1.807, 2.05) is 18.0 Å². The van der Waals surface area contributed by atoms with Gasteiger partial charge in [-0.15, -0.1) is 0 Å². The molecule has 1 amide bonds. The maximum Gasteiger partial charge on any atom is 0.234 e. The van der Waals surface area contributed by atoms with E-state index in [9.17, 15) is 14.7 Å². The van der Waals surface area contributed by atoms with E-state index in [4.69, 9.17) is 0 Å². The van der Waals surface area contributed by atoms with Crippen LogP contribution in [0.1, 0.15) is 29.6 Å². The minimum atomic E-state index is -0.245. The molecule has 5 nitrogen and oxygen atoms in total. The van der Waals surface area contributed by atoms with Gasteiger partial charge < -0.3 is 10.4 Å². The van der Waals surface area contributed by atoms with E-state index in [2.05, 4.69) is 5.32 Å². The van der Waals surface area contributed by atoms with Crippen LogP contribution in [0.2, 0.25) is 0 Å². The average molecular weight is 304 g/mol. The van der Waals surface area contributed by atoms with E-state index in [1.54, 1.807) is 24.3 Å². The van der Waals surface area contributed by atoms with Gasteiger partial charge in [-0.2, -0.15) is 0 Å². The van der Waals surface area contributed by atoms with Gasteiger partial charge in [-0.25, -0.2) is 0 Å². The van der Waals surface area contributed by atoms with Crippen LogP contribution in [0.15, 0.2) is 30.3 Å². The molecule has 2 N–H and O–H groups in total. The van der Waals surface area contributed by atoms with Crippen LogP contribution in [-0.4, -0.2) is 54.5 Å². The number of nitrogens with one attached hydrogen (secondary N) is 1. The zero-order valence-corrected chi connectivity index (χ0v) is 13.0. The Bertz CT molecular complexity index is 504. The Labute approximate surface area is 131 Å². The molecule has 2 rings (SSSR count). The number of nitrogens with zero attached hydrogens (tertiary/aromatic N) is 1. The van der Waals surface area contributed by atoms with Gasteiger partial charge in [0.1, 0.15) is 0 Å². The highest BCUT2D eigenvalue weighted by Gasteiger charge is 2.26. The zero-order chi connectivity index (χ0) is 15.9. The number of aliphatic hydroxyl groups excluding tert-OH is 1. The van der Waals surface area contributed by atoms with Crippen LogP contribution in [0.5, 0.6) is 0 Å². The molecule has 0 spiro atoms. The fourth-order valence-electron chi connectivity index (χ4n) is 2.90. The topological polar surface area (TPSA) is 69.6 Å². The van der Waals surface area contributed by atoms with Crippen molar-refractivity contribution in [1.29, 1.82) is 0 Å². The molecule has 1 aromatic carbocycles. The number of carbonyl (C=O) groups excluding carboxylic acids is 2. The monoisotopic (exact) mass is 304 g/mol. The zero-order valence-electron chi connectivity index (χ0n) is 13.0. The highest BCUT2D eigenvalue weighted by Crippen LogP contribution is 2.25. The van der Waals surface area contributed by atoms with Crippen molar-refractivity contribution in [2.75, 3.05) is 26.7 Å². The maximum absolute atomic E-state index is 11.9. The molecule has 0 radical (unpaired) electrons. The summed E-state index contributed by atoms with van der Waals surface area (Å²) in [7, 11) is 1.86. The van der Waals surface area contributed by atoms with Crippen molar-refractivity contribution in [1.82, 2.24) is 10.2 Å². The van der Waals surface area contributed by atoms with Crippen LogP contribution in [0.4, 0.5) is 0 Å². The van der Waals surface area contributed by atoms with Gasteiger partial charge in [-0.1, -0.05) is 36.8 Å². The Hall–Kier alpha value is -1.72. The van der Waals surface area contributed by atoms with Gasteiger partial charge in [0.15, 0.2) is 5.78 Å². The lowest BCUT2D eigenvalue weighted by atomic mass is 10.1. The molecule has 120 valence electrons. The van der Waals surface area contributed by atoms with E-state index < -0.39 is 0 Å². The SMILES string of the molecule is CN(CC(=O)NCC(=O)c1ccccc1)CC1CCCC1O. The summed E-state index contributed by atoms with van der Waals surface area (Å²) in [5, 5.41) is 12.5. The molecule has 2 atom stereocenters. The fourth-order valence-corrected chi connectivity index (χ4v) is 2.90. The van der Waals surface area contributed by atoms with E-state index >= 15 is 0 Å². The number of hydrogen-bond donors (Lipinski definition) is 2. The van der Waals surface area contributed by atoms with Crippen molar-refractivity contribution < 1.29 is 14.7 Å². The van der Waals surface area contributed by atoms with E-state index in [0.29, 0.717) is 12.1 Å². The molecule has 2 unspecified atom stereocenters. The number of carbonyl (C=O) groups is 2. The lowest BCUT2D eigenvalue weighted by Crippen LogP contribution is -2.40. The quantitative estimate of drug-likeness (QED) is 0.740. The predicted octanol–water partition coefficient (Wildman–Crippen LogP) is 1.08. The second kappa shape index (κ2) is 8.06. The first-order valence-corrected chi connectivity index (χ1v) is 7.78. The number of likely N-dealkylation sites (N-methyl/N-ethyl adjacent to an activating group) is 1. The summed E-state index contributed by atoms with van der Waals surface area (Å²) in [4.78, 5) is 25.7. The molecule has 0 aromatic heterocycles. The Morgan fingerprint density at radius 1 is 1.27 bits per heavy atom. The van der Waals surface area contributed by atoms with Gasteiger partial charge in [0, 0.05) is 12.1 Å². The standard InChI is InChI=1S/C17H24N2O3/c1-19(11-14-8-5-9-15(14)20)12-17(22)18-10-16(21)13-6-3-2-4-7-13/h2-4,6-7,14-15,20H,5,8-12H2,1H3,(H,18,22). The summed E-state index contributed by atoms with van der Waals surface area (Å²) in [5.74, 6) is -0.00848. The maximum atomic E-state index is 11.9. The highest BCUT2D eigenvalue weighted by molar-refractivity contribution is 5.99. The Morgan fingerprint density at radius 3 is 2.64 bits per heavy atom. The average Bonchev–Trinajstić information content (AvgIpc) is 2.90. The largest absolute Gasteiger partial charge is 0.393 e. The number of aliphatic hydroxyl groups is 1. The Kier molecular flexibility index (Phi) is 6.10. The molecule has 1 fully saturated rings.